The molecule has 2 N–H and O–H groups in total. The van der Waals surface area contributed by atoms with E-state index in [-0.39, 0.29) is 11.7 Å². The van der Waals surface area contributed by atoms with Crippen molar-refractivity contribution >= 4 is 21.6 Å². The highest BCUT2D eigenvalue weighted by molar-refractivity contribution is 9.10. The van der Waals surface area contributed by atoms with Crippen LogP contribution in [0.2, 0.25) is 0 Å². The Morgan fingerprint density at radius 3 is 2.62 bits per heavy atom. The molecule has 1 aromatic rings. The first-order valence-electron chi connectivity index (χ1n) is 5.24. The highest BCUT2D eigenvalue weighted by Crippen LogP contribution is 2.21. The van der Waals surface area contributed by atoms with E-state index in [2.05, 4.69) is 21.2 Å². The lowest BCUT2D eigenvalue weighted by atomic mass is 9.92. The van der Waals surface area contributed by atoms with Crippen LogP contribution in [0.15, 0.2) is 22.7 Å². The van der Waals surface area contributed by atoms with Crippen molar-refractivity contribution in [3.63, 3.8) is 0 Å². The Balaban J connectivity index is 2.65. The summed E-state index contributed by atoms with van der Waals surface area (Å²) in [5.74, 6) is -0.172. The summed E-state index contributed by atoms with van der Waals surface area (Å²) in [6, 6.07) is 4.81. The van der Waals surface area contributed by atoms with Crippen molar-refractivity contribution < 1.29 is 9.50 Å². The minimum Gasteiger partial charge on any atom is -0.388 e. The van der Waals surface area contributed by atoms with Gasteiger partial charge in [-0.2, -0.15) is 0 Å². The van der Waals surface area contributed by atoms with E-state index in [1.54, 1.807) is 19.1 Å². The molecule has 0 spiro atoms. The molecule has 16 heavy (non-hydrogen) atoms. The van der Waals surface area contributed by atoms with Gasteiger partial charge < -0.3 is 10.4 Å². The summed E-state index contributed by atoms with van der Waals surface area (Å²) in [6.07, 6.45) is 0. The van der Waals surface area contributed by atoms with Crippen LogP contribution in [0.4, 0.5) is 10.1 Å². The smallest absolute Gasteiger partial charge is 0.139 e. The minimum absolute atomic E-state index is 0.139. The molecule has 0 aliphatic heterocycles. The normalized spacial score (nSPS) is 14.9. The van der Waals surface area contributed by atoms with Crippen LogP contribution < -0.4 is 5.32 Å². The predicted octanol–water partition coefficient (Wildman–Crippen LogP) is 3.41. The Morgan fingerprint density at radius 1 is 1.50 bits per heavy atom. The van der Waals surface area contributed by atoms with E-state index >= 15 is 0 Å². The van der Waals surface area contributed by atoms with Crippen LogP contribution in [0.1, 0.15) is 20.8 Å². The lowest BCUT2D eigenvalue weighted by molar-refractivity contribution is 0.0266. The van der Waals surface area contributed by atoms with Crippen LogP contribution in [0.3, 0.4) is 0 Å². The van der Waals surface area contributed by atoms with Crippen LogP contribution in [-0.2, 0) is 0 Å². The van der Waals surface area contributed by atoms with Gasteiger partial charge in [0.1, 0.15) is 5.82 Å². The summed E-state index contributed by atoms with van der Waals surface area (Å²) in [6.45, 7) is 6.05. The van der Waals surface area contributed by atoms with Crippen LogP contribution >= 0.6 is 15.9 Å². The zero-order chi connectivity index (χ0) is 12.3. The van der Waals surface area contributed by atoms with E-state index in [9.17, 15) is 9.50 Å². The molecule has 0 aromatic heterocycles. The lowest BCUT2D eigenvalue weighted by Gasteiger charge is -2.28. The van der Waals surface area contributed by atoms with Gasteiger partial charge in [0.2, 0.25) is 0 Å². The van der Waals surface area contributed by atoms with Crippen molar-refractivity contribution in [3.8, 4) is 0 Å². The standard InChI is InChI=1S/C12H17BrFNO/c1-8(2)12(3,16)7-15-9-4-5-10(13)11(14)6-9/h4-6,8,15-16H,7H2,1-3H3. The fraction of sp³-hybridized carbons (Fsp3) is 0.500. The van der Waals surface area contributed by atoms with Gasteiger partial charge in [-0.05, 0) is 47.0 Å². The first-order valence-corrected chi connectivity index (χ1v) is 6.03. The summed E-state index contributed by atoms with van der Waals surface area (Å²) in [5.41, 5.74) is -0.134. The molecule has 0 saturated carbocycles. The zero-order valence-corrected chi connectivity index (χ0v) is 11.3. The molecule has 1 atom stereocenters. The summed E-state index contributed by atoms with van der Waals surface area (Å²) in [4.78, 5) is 0. The number of halogens is 2. The van der Waals surface area contributed by atoms with Gasteiger partial charge in [0.05, 0.1) is 10.1 Å². The third kappa shape index (κ3) is 3.46. The number of anilines is 1. The van der Waals surface area contributed by atoms with Crippen molar-refractivity contribution in [2.24, 2.45) is 5.92 Å². The van der Waals surface area contributed by atoms with Crippen molar-refractivity contribution in [3.05, 3.63) is 28.5 Å². The average Bonchev–Trinajstić information content (AvgIpc) is 2.20. The van der Waals surface area contributed by atoms with Gasteiger partial charge in [0, 0.05) is 12.2 Å². The van der Waals surface area contributed by atoms with Crippen LogP contribution in [0.25, 0.3) is 0 Å². The van der Waals surface area contributed by atoms with Crippen LogP contribution in [-0.4, -0.2) is 17.3 Å². The van der Waals surface area contributed by atoms with Gasteiger partial charge in [-0.1, -0.05) is 13.8 Å². The molecule has 0 aliphatic rings. The van der Waals surface area contributed by atoms with E-state index in [1.165, 1.54) is 6.07 Å². The molecular weight excluding hydrogens is 273 g/mol. The predicted molar refractivity (Wildman–Crippen MR) is 68.1 cm³/mol. The highest BCUT2D eigenvalue weighted by Gasteiger charge is 2.24. The molecule has 0 saturated heterocycles. The number of rotatable bonds is 4. The van der Waals surface area contributed by atoms with Gasteiger partial charge in [-0.3, -0.25) is 0 Å². The summed E-state index contributed by atoms with van der Waals surface area (Å²) in [7, 11) is 0. The minimum atomic E-state index is -0.802. The number of benzene rings is 1. The largest absolute Gasteiger partial charge is 0.388 e. The Morgan fingerprint density at radius 2 is 2.12 bits per heavy atom. The highest BCUT2D eigenvalue weighted by atomic mass is 79.9. The maximum atomic E-state index is 13.2. The molecule has 4 heteroatoms. The lowest BCUT2D eigenvalue weighted by Crippen LogP contribution is -2.38. The van der Waals surface area contributed by atoms with Crippen molar-refractivity contribution in [1.29, 1.82) is 0 Å². The first-order chi connectivity index (χ1) is 7.33. The second-order valence-corrected chi connectivity index (χ2v) is 5.35. The maximum Gasteiger partial charge on any atom is 0.139 e. The Bertz CT molecular complexity index is 366. The van der Waals surface area contributed by atoms with Gasteiger partial charge in [-0.25, -0.2) is 4.39 Å². The van der Waals surface area contributed by atoms with E-state index in [0.29, 0.717) is 16.7 Å². The molecule has 1 unspecified atom stereocenters. The molecule has 0 aliphatic carbocycles. The number of nitrogens with one attached hydrogen (secondary N) is 1. The quantitative estimate of drug-likeness (QED) is 0.890. The Labute approximate surface area is 104 Å². The molecule has 0 fully saturated rings. The number of hydrogen-bond donors (Lipinski definition) is 2. The molecule has 0 radical (unpaired) electrons. The molecule has 0 bridgehead atoms. The van der Waals surface area contributed by atoms with Gasteiger partial charge >= 0.3 is 0 Å². The fourth-order valence-electron chi connectivity index (χ4n) is 1.09. The molecule has 90 valence electrons. The molecule has 0 amide bonds. The number of aliphatic hydroxyl groups is 1. The Kier molecular flexibility index (Phi) is 4.33. The van der Waals surface area contributed by atoms with Crippen molar-refractivity contribution in [2.75, 3.05) is 11.9 Å². The first kappa shape index (κ1) is 13.5. The SMILES string of the molecule is CC(C)C(C)(O)CNc1ccc(Br)c(F)c1. The Hall–Kier alpha value is -0.610. The third-order valence-electron chi connectivity index (χ3n) is 2.81. The molecular formula is C12H17BrFNO. The van der Waals surface area contributed by atoms with E-state index < -0.39 is 5.60 Å². The van der Waals surface area contributed by atoms with Crippen molar-refractivity contribution in [1.82, 2.24) is 0 Å². The molecule has 0 heterocycles. The maximum absolute atomic E-state index is 13.2. The fourth-order valence-corrected chi connectivity index (χ4v) is 1.34. The monoisotopic (exact) mass is 289 g/mol. The van der Waals surface area contributed by atoms with E-state index in [4.69, 9.17) is 0 Å². The zero-order valence-electron chi connectivity index (χ0n) is 9.72. The van der Waals surface area contributed by atoms with E-state index in [1.807, 2.05) is 13.8 Å². The van der Waals surface area contributed by atoms with E-state index in [0.717, 1.165) is 0 Å². The second-order valence-electron chi connectivity index (χ2n) is 4.49. The topological polar surface area (TPSA) is 32.3 Å². The van der Waals surface area contributed by atoms with Gasteiger partial charge in [-0.15, -0.1) is 0 Å². The molecule has 1 rings (SSSR count). The second kappa shape index (κ2) is 5.15. The molecule has 1 aromatic carbocycles. The summed E-state index contributed by atoms with van der Waals surface area (Å²) >= 11 is 3.09. The number of hydrogen-bond acceptors (Lipinski definition) is 2. The van der Waals surface area contributed by atoms with Crippen molar-refractivity contribution in [2.45, 2.75) is 26.4 Å². The molecule has 2 nitrogen and oxygen atoms in total. The summed E-state index contributed by atoms with van der Waals surface area (Å²) in [5, 5.41) is 13.0. The average molecular weight is 290 g/mol. The van der Waals surface area contributed by atoms with Crippen LogP contribution in [0, 0.1) is 11.7 Å². The summed E-state index contributed by atoms with van der Waals surface area (Å²) < 4.78 is 13.6. The van der Waals surface area contributed by atoms with Gasteiger partial charge in [0.25, 0.3) is 0 Å². The van der Waals surface area contributed by atoms with Crippen LogP contribution in [0.5, 0.6) is 0 Å². The third-order valence-corrected chi connectivity index (χ3v) is 3.46. The van der Waals surface area contributed by atoms with Gasteiger partial charge in [0.15, 0.2) is 0 Å².